The topological polar surface area (TPSA) is 667 Å². The summed E-state index contributed by atoms with van der Waals surface area (Å²) in [5, 5.41) is 56.9. The molecule has 2 aliphatic rings. The molecule has 15 amide bonds. The normalized spacial score (nSPS) is 16.7. The second-order valence-electron chi connectivity index (χ2n) is 28.5. The Balaban J connectivity index is 1.27. The molecule has 42 nitrogen and oxygen atoms in total. The third-order valence-corrected chi connectivity index (χ3v) is 19.1. The predicted molar refractivity (Wildman–Crippen MR) is 409 cm³/mol. The number of carbonyl (C=O) groups excluding carboxylic acids is 15. The molecular formula is C71H107N23O19S. The van der Waals surface area contributed by atoms with Crippen molar-refractivity contribution < 1.29 is 91.7 Å². The molecule has 0 bridgehead atoms. The smallest absolute Gasteiger partial charge is 0.326 e. The van der Waals surface area contributed by atoms with E-state index >= 15 is 0 Å². The zero-order chi connectivity index (χ0) is 84.5. The Morgan fingerprint density at radius 1 is 0.553 bits per heavy atom. The van der Waals surface area contributed by atoms with Crippen molar-refractivity contribution in [3.8, 4) is 0 Å². The summed E-state index contributed by atoms with van der Waals surface area (Å²) in [4.78, 5) is 247. The number of hydrogen-bond donors (Lipinski definition) is 21. The van der Waals surface area contributed by atoms with Crippen LogP contribution in [-0.4, -0.2) is 263 Å². The van der Waals surface area contributed by atoms with Crippen LogP contribution in [0.3, 0.4) is 0 Å². The number of carbonyl (C=O) groups is 17. The van der Waals surface area contributed by atoms with E-state index in [0.29, 0.717) is 29.1 Å². The number of amides is 15. The van der Waals surface area contributed by atoms with Crippen LogP contribution >= 0.6 is 11.8 Å². The number of aromatic amines is 2. The maximum atomic E-state index is 14.7. The Labute approximate surface area is 661 Å². The van der Waals surface area contributed by atoms with Gasteiger partial charge in [0.2, 0.25) is 88.6 Å². The first-order valence-electron chi connectivity index (χ1n) is 37.2. The van der Waals surface area contributed by atoms with E-state index in [9.17, 15) is 86.6 Å². The lowest BCUT2D eigenvalue weighted by Crippen LogP contribution is -2.61. The van der Waals surface area contributed by atoms with Gasteiger partial charge in [0, 0.05) is 69.1 Å². The number of aliphatic carboxylic acids is 2. The van der Waals surface area contributed by atoms with Crippen LogP contribution in [0.25, 0.3) is 0 Å². The molecular weight excluding hydrogens is 1510 g/mol. The van der Waals surface area contributed by atoms with Gasteiger partial charge in [-0.2, -0.15) is 11.8 Å². The first-order chi connectivity index (χ1) is 54.0. The van der Waals surface area contributed by atoms with Crippen molar-refractivity contribution in [1.82, 2.24) is 93.5 Å². The van der Waals surface area contributed by atoms with Crippen molar-refractivity contribution in [3.63, 3.8) is 0 Å². The highest BCUT2D eigenvalue weighted by Crippen LogP contribution is 2.23. The van der Waals surface area contributed by atoms with Gasteiger partial charge < -0.3 is 117 Å². The largest absolute Gasteiger partial charge is 0.481 e. The minimum atomic E-state index is -1.78. The molecule has 1 aromatic carbocycles. The highest BCUT2D eigenvalue weighted by molar-refractivity contribution is 7.98. The van der Waals surface area contributed by atoms with Gasteiger partial charge >= 0.3 is 11.9 Å². The molecule has 0 aliphatic carbocycles. The molecule has 2 saturated heterocycles. The number of primary amides is 2. The van der Waals surface area contributed by atoms with Crippen LogP contribution in [0.1, 0.15) is 129 Å². The summed E-state index contributed by atoms with van der Waals surface area (Å²) >= 11 is 1.33. The molecule has 2 aliphatic heterocycles. The van der Waals surface area contributed by atoms with Crippen LogP contribution in [0.2, 0.25) is 0 Å². The van der Waals surface area contributed by atoms with E-state index < -0.39 is 211 Å². The minimum absolute atomic E-state index is 0.0146. The number of aromatic nitrogens is 4. The molecule has 0 radical (unpaired) electrons. The highest BCUT2D eigenvalue weighted by Gasteiger charge is 2.42. The van der Waals surface area contributed by atoms with E-state index in [0.717, 1.165) is 4.90 Å². The van der Waals surface area contributed by atoms with Gasteiger partial charge in [-0.1, -0.05) is 58.0 Å². The van der Waals surface area contributed by atoms with Crippen LogP contribution in [-0.2, 0) is 101 Å². The van der Waals surface area contributed by atoms with E-state index in [1.165, 1.54) is 48.6 Å². The molecule has 114 heavy (non-hydrogen) atoms. The highest BCUT2D eigenvalue weighted by atomic mass is 32.2. The number of carboxylic acids is 2. The second kappa shape index (κ2) is 46.3. The third kappa shape index (κ3) is 30.7. The van der Waals surface area contributed by atoms with Crippen LogP contribution in [0.15, 0.2) is 55.4 Å². The molecule has 626 valence electrons. The van der Waals surface area contributed by atoms with Crippen molar-refractivity contribution in [2.75, 3.05) is 38.2 Å². The zero-order valence-electron chi connectivity index (χ0n) is 64.3. The lowest BCUT2D eigenvalue weighted by atomic mass is 10.0. The van der Waals surface area contributed by atoms with E-state index in [-0.39, 0.29) is 102 Å². The van der Waals surface area contributed by atoms with Crippen molar-refractivity contribution in [3.05, 3.63) is 72.3 Å². The number of imidazole rings is 2. The van der Waals surface area contributed by atoms with Gasteiger partial charge in [-0.3, -0.25) is 82.1 Å². The Hall–Kier alpha value is -11.8. The number of benzene rings is 1. The van der Waals surface area contributed by atoms with Gasteiger partial charge in [-0.15, -0.1) is 0 Å². The van der Waals surface area contributed by atoms with Crippen molar-refractivity contribution in [2.24, 2.45) is 34.8 Å². The minimum Gasteiger partial charge on any atom is -0.481 e. The first-order valence-corrected chi connectivity index (χ1v) is 38.6. The molecule has 0 unspecified atom stereocenters. The number of nitrogens with two attached hydrogens (primary N) is 4. The number of rotatable bonds is 48. The summed E-state index contributed by atoms with van der Waals surface area (Å²) in [6.07, 6.45) is 5.01. The number of guanidine groups is 1. The zero-order valence-corrected chi connectivity index (χ0v) is 65.2. The molecule has 2 aromatic heterocycles. The third-order valence-electron chi connectivity index (χ3n) is 18.5. The van der Waals surface area contributed by atoms with Gasteiger partial charge in [-0.05, 0) is 94.1 Å². The number of thioether (sulfide) groups is 1. The molecule has 0 saturated carbocycles. The second-order valence-corrected chi connectivity index (χ2v) is 29.5. The molecule has 0 spiro atoms. The number of nitrogens with zero attached hydrogens (tertiary/aromatic N) is 4. The molecule has 25 N–H and O–H groups in total. The van der Waals surface area contributed by atoms with Crippen molar-refractivity contribution >= 4 is 118 Å². The molecule has 13 atom stereocenters. The number of carboxylic acid groups (broad SMARTS) is 2. The lowest BCUT2D eigenvalue weighted by Gasteiger charge is -2.30. The molecule has 43 heteroatoms. The van der Waals surface area contributed by atoms with Crippen LogP contribution in [0, 0.1) is 17.2 Å². The summed E-state index contributed by atoms with van der Waals surface area (Å²) in [5.41, 5.74) is 23.6. The van der Waals surface area contributed by atoms with Gasteiger partial charge in [-0.25, -0.2) is 14.8 Å². The van der Waals surface area contributed by atoms with Gasteiger partial charge in [0.25, 0.3) is 0 Å². The number of likely N-dealkylation sites (tertiary alicyclic amines) is 2. The molecule has 3 aromatic rings. The van der Waals surface area contributed by atoms with Gasteiger partial charge in [0.1, 0.15) is 72.5 Å². The number of nitrogens with one attached hydrogen (secondary N) is 15. The monoisotopic (exact) mass is 1620 g/mol. The summed E-state index contributed by atoms with van der Waals surface area (Å²) in [5.74, 6) is -17.4. The quantitative estimate of drug-likeness (QED) is 0.0142. The summed E-state index contributed by atoms with van der Waals surface area (Å²) < 4.78 is 0. The summed E-state index contributed by atoms with van der Waals surface area (Å²) in [6.45, 7) is 7.16. The number of hydrogen-bond acceptors (Lipinski definition) is 22. The Kier molecular flexibility index (Phi) is 37.7. The SMILES string of the molecule is CSCC[C@H](NC(=O)[C@H](Cc1ccccc1)NC(=O)[C@H](C)NC(=O)[C@H](CC(N)=O)NC(=O)[C@@H]1CCCN1C(=O)[C@@H](N)CCC(=O)O)C(=O)N1CCC[C@H]1C(=O)NCC(=O)N[C@@H](CC(N)=O)C(=O)N[C@@H](CC(C)C)C(=O)N[C@@H](Cc1cnc[nH]1)C(=O)N[C@@H](Cc1cnc[nH]1)C(=O)N[C@@H](CCCNC(=N)N)C(=O)N[C@H](C(=O)O)C(C)C. The van der Waals surface area contributed by atoms with Crippen LogP contribution < -0.4 is 86.7 Å². The Bertz CT molecular complexity index is 3850. The predicted octanol–water partition coefficient (Wildman–Crippen LogP) is -6.13. The Morgan fingerprint density at radius 3 is 1.54 bits per heavy atom. The summed E-state index contributed by atoms with van der Waals surface area (Å²) in [7, 11) is 0. The van der Waals surface area contributed by atoms with Gasteiger partial charge in [0.05, 0.1) is 38.1 Å². The lowest BCUT2D eigenvalue weighted by molar-refractivity contribution is -0.143. The van der Waals surface area contributed by atoms with E-state index in [1.54, 1.807) is 64.3 Å². The van der Waals surface area contributed by atoms with E-state index in [1.807, 2.05) is 0 Å². The van der Waals surface area contributed by atoms with Crippen molar-refractivity contribution in [2.45, 2.75) is 209 Å². The fraction of sp³-hybridized carbons (Fsp3) is 0.577. The van der Waals surface area contributed by atoms with Crippen molar-refractivity contribution in [1.29, 1.82) is 5.41 Å². The average molecular weight is 1620 g/mol. The molecule has 5 rings (SSSR count). The summed E-state index contributed by atoms with van der Waals surface area (Å²) in [6, 6.07) is -10.2. The fourth-order valence-corrected chi connectivity index (χ4v) is 13.0. The molecule has 2 fully saturated rings. The maximum absolute atomic E-state index is 14.7. The number of H-pyrrole nitrogens is 2. The molecule has 4 heterocycles. The standard InChI is InChI=1S/C71H107N23O19S/c1-36(2)25-45(61(103)89-48(28-41-32-78-35-82-41)64(106)90-47(27-40-31-77-34-81-40)63(105)85-43(15-10-21-79-71(75)76)59(101)92-57(37(3)4)70(112)113)88-65(107)49(29-53(73)95)84-55(97)33-80-66(108)51-16-11-23-94(51)69(111)44(20-24-114-6)86-62(104)46(26-39-13-8-7-9-14-39)87-58(100)38(5)83-60(102)50(30-54(74)96)91-67(109)52-17-12-22-93(52)68(110)42(72)18-19-56(98)99/h7-9,13-14,31-32,34-38,42-52,57H,10-12,15-30,33,72H2,1-6H3,(H2,73,95)(H2,74,96)(H,77,81)(H,78,82)(H,80,108)(H,83,102)(H,84,97)(H,85,105)(H,86,104)(H,87,100)(H,88,107)(H,89,103)(H,90,106)(H,91,109)(H,92,101)(H,98,99)(H,112,113)(H4,75,76,79)/t38-,42-,43-,44-,45-,46-,47-,48-,49-,50-,51-,52-,57-/m0/s1. The average Bonchev–Trinajstić information content (AvgIpc) is 1.65. The van der Waals surface area contributed by atoms with Gasteiger partial charge in [0.15, 0.2) is 5.96 Å². The van der Waals surface area contributed by atoms with E-state index in [2.05, 4.69) is 83.7 Å². The Morgan fingerprint density at radius 2 is 1.04 bits per heavy atom. The first kappa shape index (κ1) is 92.8. The fourth-order valence-electron chi connectivity index (χ4n) is 12.6. The van der Waals surface area contributed by atoms with Crippen LogP contribution in [0.5, 0.6) is 0 Å². The van der Waals surface area contributed by atoms with E-state index in [4.69, 9.17) is 33.5 Å². The van der Waals surface area contributed by atoms with Crippen LogP contribution in [0.4, 0.5) is 0 Å². The maximum Gasteiger partial charge on any atom is 0.326 e.